The van der Waals surface area contributed by atoms with E-state index in [-0.39, 0.29) is 11.6 Å². The summed E-state index contributed by atoms with van der Waals surface area (Å²) in [6.45, 7) is 6.84. The number of halogens is 1. The van der Waals surface area contributed by atoms with Crippen LogP contribution in [0.25, 0.3) is 0 Å². The first-order valence-corrected chi connectivity index (χ1v) is 6.77. The Morgan fingerprint density at radius 1 is 1.37 bits per heavy atom. The third-order valence-electron chi connectivity index (χ3n) is 3.14. The van der Waals surface area contributed by atoms with E-state index in [0.29, 0.717) is 5.69 Å². The molecule has 0 heterocycles. The van der Waals surface area contributed by atoms with Crippen molar-refractivity contribution in [1.82, 2.24) is 0 Å². The van der Waals surface area contributed by atoms with Gasteiger partial charge in [-0.1, -0.05) is 25.8 Å². The fourth-order valence-corrected chi connectivity index (χ4v) is 2.15. The summed E-state index contributed by atoms with van der Waals surface area (Å²) in [6, 6.07) is 4.57. The molecule has 0 amide bonds. The molecule has 19 heavy (non-hydrogen) atoms. The molecule has 0 bridgehead atoms. The van der Waals surface area contributed by atoms with Crippen LogP contribution < -0.4 is 4.90 Å². The fourth-order valence-electron chi connectivity index (χ4n) is 2.15. The number of rotatable bonds is 7. The molecule has 0 aliphatic rings. The summed E-state index contributed by atoms with van der Waals surface area (Å²) in [6.07, 6.45) is 3.16. The van der Waals surface area contributed by atoms with Gasteiger partial charge in [-0.2, -0.15) is 0 Å². The lowest BCUT2D eigenvalue weighted by atomic mass is 10.1. The van der Waals surface area contributed by atoms with Crippen LogP contribution >= 0.6 is 0 Å². The van der Waals surface area contributed by atoms with Gasteiger partial charge in [0.15, 0.2) is 0 Å². The summed E-state index contributed by atoms with van der Waals surface area (Å²) in [5.74, 6) is -1.89. The number of carboxylic acids is 1. The van der Waals surface area contributed by atoms with Gasteiger partial charge in [0.25, 0.3) is 0 Å². The van der Waals surface area contributed by atoms with Gasteiger partial charge in [0.1, 0.15) is 11.4 Å². The molecular formula is C15H22FNO2. The molecule has 106 valence electrons. The van der Waals surface area contributed by atoms with Crippen LogP contribution in [0.5, 0.6) is 0 Å². The zero-order valence-electron chi connectivity index (χ0n) is 11.8. The third-order valence-corrected chi connectivity index (χ3v) is 3.14. The highest BCUT2D eigenvalue weighted by molar-refractivity contribution is 5.94. The first-order valence-electron chi connectivity index (χ1n) is 6.77. The van der Waals surface area contributed by atoms with Gasteiger partial charge in [0, 0.05) is 12.6 Å². The maximum absolute atomic E-state index is 13.7. The second kappa shape index (κ2) is 7.12. The molecule has 0 saturated heterocycles. The summed E-state index contributed by atoms with van der Waals surface area (Å²) < 4.78 is 13.7. The van der Waals surface area contributed by atoms with Gasteiger partial charge in [-0.3, -0.25) is 0 Å². The van der Waals surface area contributed by atoms with E-state index in [1.165, 1.54) is 6.07 Å². The van der Waals surface area contributed by atoms with Crippen LogP contribution in [0, 0.1) is 5.82 Å². The molecule has 0 spiro atoms. The smallest absolute Gasteiger partial charge is 0.340 e. The van der Waals surface area contributed by atoms with Gasteiger partial charge >= 0.3 is 5.97 Å². The Morgan fingerprint density at radius 2 is 2.05 bits per heavy atom. The van der Waals surface area contributed by atoms with Crippen LogP contribution in [0.15, 0.2) is 18.2 Å². The second-order valence-corrected chi connectivity index (χ2v) is 4.93. The number of hydrogen-bond acceptors (Lipinski definition) is 2. The summed E-state index contributed by atoms with van der Waals surface area (Å²) >= 11 is 0. The Labute approximate surface area is 114 Å². The standard InChI is InChI=1S/C15H22FNO2/c1-4-5-6-10-17(11(2)3)13-9-7-8-12(16)14(13)15(18)19/h7-9,11H,4-6,10H2,1-3H3,(H,18,19). The van der Waals surface area contributed by atoms with Crippen LogP contribution in [0.1, 0.15) is 50.4 Å². The summed E-state index contributed by atoms with van der Waals surface area (Å²) in [5, 5.41) is 9.18. The predicted octanol–water partition coefficient (Wildman–Crippen LogP) is 3.93. The summed E-state index contributed by atoms with van der Waals surface area (Å²) in [5.41, 5.74) is 0.242. The molecule has 4 heteroatoms. The Bertz CT molecular complexity index is 432. The van der Waals surface area contributed by atoms with Crippen molar-refractivity contribution in [3.63, 3.8) is 0 Å². The highest BCUT2D eigenvalue weighted by atomic mass is 19.1. The molecule has 0 saturated carbocycles. The average molecular weight is 267 g/mol. The maximum Gasteiger partial charge on any atom is 0.340 e. The molecule has 1 N–H and O–H groups in total. The number of nitrogens with zero attached hydrogens (tertiary/aromatic N) is 1. The third kappa shape index (κ3) is 3.94. The highest BCUT2D eigenvalue weighted by Gasteiger charge is 2.21. The zero-order chi connectivity index (χ0) is 14.4. The minimum Gasteiger partial charge on any atom is -0.478 e. The zero-order valence-corrected chi connectivity index (χ0v) is 11.8. The number of hydrogen-bond donors (Lipinski definition) is 1. The number of unbranched alkanes of at least 4 members (excludes halogenated alkanes) is 2. The number of aromatic carboxylic acids is 1. The van der Waals surface area contributed by atoms with Gasteiger partial charge < -0.3 is 10.0 Å². The number of anilines is 1. The molecule has 0 aromatic heterocycles. The molecule has 1 rings (SSSR count). The van der Waals surface area contributed by atoms with Crippen molar-refractivity contribution >= 4 is 11.7 Å². The largest absolute Gasteiger partial charge is 0.478 e. The lowest BCUT2D eigenvalue weighted by Gasteiger charge is -2.30. The molecule has 0 atom stereocenters. The van der Waals surface area contributed by atoms with E-state index in [9.17, 15) is 14.3 Å². The molecule has 0 aliphatic heterocycles. The first-order chi connectivity index (χ1) is 8.99. The van der Waals surface area contributed by atoms with Crippen LogP contribution in [0.2, 0.25) is 0 Å². The number of carbonyl (C=O) groups is 1. The fraction of sp³-hybridized carbons (Fsp3) is 0.533. The van der Waals surface area contributed by atoms with Gasteiger partial charge in [0.05, 0.1) is 5.69 Å². The van der Waals surface area contributed by atoms with Crippen LogP contribution in [-0.4, -0.2) is 23.7 Å². The summed E-state index contributed by atoms with van der Waals surface area (Å²) in [7, 11) is 0. The minimum absolute atomic E-state index is 0.136. The quantitative estimate of drug-likeness (QED) is 0.761. The van der Waals surface area contributed by atoms with E-state index in [1.807, 2.05) is 18.7 Å². The van der Waals surface area contributed by atoms with Crippen molar-refractivity contribution in [2.24, 2.45) is 0 Å². The predicted molar refractivity (Wildman–Crippen MR) is 75.4 cm³/mol. The molecule has 0 fully saturated rings. The second-order valence-electron chi connectivity index (χ2n) is 4.93. The SMILES string of the molecule is CCCCCN(c1cccc(F)c1C(=O)O)C(C)C. The Hall–Kier alpha value is -1.58. The monoisotopic (exact) mass is 267 g/mol. The van der Waals surface area contributed by atoms with Crippen molar-refractivity contribution in [3.8, 4) is 0 Å². The van der Waals surface area contributed by atoms with E-state index in [0.717, 1.165) is 25.8 Å². The van der Waals surface area contributed by atoms with Crippen LogP contribution in [0.4, 0.5) is 10.1 Å². The van der Waals surface area contributed by atoms with Gasteiger partial charge in [-0.15, -0.1) is 0 Å². The topological polar surface area (TPSA) is 40.5 Å². The van der Waals surface area contributed by atoms with E-state index < -0.39 is 11.8 Å². The maximum atomic E-state index is 13.7. The minimum atomic E-state index is -1.21. The van der Waals surface area contributed by atoms with E-state index in [2.05, 4.69) is 6.92 Å². The van der Waals surface area contributed by atoms with E-state index >= 15 is 0 Å². The molecule has 0 aliphatic carbocycles. The van der Waals surface area contributed by atoms with Gasteiger partial charge in [0.2, 0.25) is 0 Å². The lowest BCUT2D eigenvalue weighted by molar-refractivity contribution is 0.0692. The molecule has 0 unspecified atom stereocenters. The molecule has 0 radical (unpaired) electrons. The van der Waals surface area contributed by atoms with Crippen LogP contribution in [0.3, 0.4) is 0 Å². The average Bonchev–Trinajstić information content (AvgIpc) is 2.33. The van der Waals surface area contributed by atoms with Gasteiger partial charge in [-0.05, 0) is 32.4 Å². The number of carboxylic acid groups (broad SMARTS) is 1. The van der Waals surface area contributed by atoms with Crippen LogP contribution in [-0.2, 0) is 0 Å². The van der Waals surface area contributed by atoms with E-state index in [1.54, 1.807) is 12.1 Å². The number of benzene rings is 1. The van der Waals surface area contributed by atoms with Crippen molar-refractivity contribution in [3.05, 3.63) is 29.6 Å². The Balaban J connectivity index is 3.08. The molecule has 3 nitrogen and oxygen atoms in total. The first kappa shape index (κ1) is 15.5. The van der Waals surface area contributed by atoms with Crippen molar-refractivity contribution in [1.29, 1.82) is 0 Å². The normalized spacial score (nSPS) is 10.8. The van der Waals surface area contributed by atoms with Crippen molar-refractivity contribution < 1.29 is 14.3 Å². The van der Waals surface area contributed by atoms with Gasteiger partial charge in [-0.25, -0.2) is 9.18 Å². The van der Waals surface area contributed by atoms with E-state index in [4.69, 9.17) is 0 Å². The van der Waals surface area contributed by atoms with Crippen molar-refractivity contribution in [2.45, 2.75) is 46.1 Å². The lowest BCUT2D eigenvalue weighted by Crippen LogP contribution is -2.33. The molecular weight excluding hydrogens is 245 g/mol. The van der Waals surface area contributed by atoms with Crippen molar-refractivity contribution in [2.75, 3.05) is 11.4 Å². The highest BCUT2D eigenvalue weighted by Crippen LogP contribution is 2.25. The molecule has 1 aromatic rings. The Kier molecular flexibility index (Phi) is 5.80. The molecule has 1 aromatic carbocycles. The Morgan fingerprint density at radius 3 is 2.58 bits per heavy atom. The summed E-state index contributed by atoms with van der Waals surface area (Å²) in [4.78, 5) is 13.2.